The molecular formula is C12H10Br2ClNO. The van der Waals surface area contributed by atoms with Crippen LogP contribution in [0.5, 0.6) is 0 Å². The van der Waals surface area contributed by atoms with E-state index < -0.39 is 0 Å². The Morgan fingerprint density at radius 3 is 2.71 bits per heavy atom. The highest BCUT2D eigenvalue weighted by Crippen LogP contribution is 2.27. The van der Waals surface area contributed by atoms with Crippen molar-refractivity contribution in [2.75, 3.05) is 5.32 Å². The molecule has 0 bridgehead atoms. The van der Waals surface area contributed by atoms with E-state index in [0.29, 0.717) is 11.2 Å². The molecule has 17 heavy (non-hydrogen) atoms. The fourth-order valence-corrected chi connectivity index (χ4v) is 2.28. The van der Waals surface area contributed by atoms with Gasteiger partial charge in [-0.2, -0.15) is 0 Å². The van der Waals surface area contributed by atoms with Crippen LogP contribution in [-0.2, 0) is 6.54 Å². The van der Waals surface area contributed by atoms with Gasteiger partial charge in [0, 0.05) is 10.7 Å². The molecule has 1 aromatic heterocycles. The highest BCUT2D eigenvalue weighted by atomic mass is 79.9. The lowest BCUT2D eigenvalue weighted by molar-refractivity contribution is 0.494. The Kier molecular flexibility index (Phi) is 4.17. The summed E-state index contributed by atoms with van der Waals surface area (Å²) in [4.78, 5) is 0. The average Bonchev–Trinajstić information content (AvgIpc) is 2.60. The molecule has 0 saturated carbocycles. The normalized spacial score (nSPS) is 10.6. The van der Waals surface area contributed by atoms with E-state index in [1.165, 1.54) is 0 Å². The molecule has 0 aliphatic rings. The Bertz CT molecular complexity index is 520. The summed E-state index contributed by atoms with van der Waals surface area (Å²) in [6, 6.07) is 7.70. The first-order chi connectivity index (χ1) is 8.06. The summed E-state index contributed by atoms with van der Waals surface area (Å²) in [5, 5.41) is 4.01. The molecule has 0 saturated heterocycles. The fraction of sp³-hybridized carbons (Fsp3) is 0.167. The molecule has 0 unspecified atom stereocenters. The lowest BCUT2D eigenvalue weighted by Gasteiger charge is -2.08. The SMILES string of the molecule is Cc1ccc(Cl)cc1NCc1cc(Br)c(Br)o1. The monoisotopic (exact) mass is 377 g/mol. The topological polar surface area (TPSA) is 25.2 Å². The highest BCUT2D eigenvalue weighted by Gasteiger charge is 2.06. The Labute approximate surface area is 122 Å². The van der Waals surface area contributed by atoms with Crippen molar-refractivity contribution >= 4 is 49.1 Å². The minimum Gasteiger partial charge on any atom is -0.451 e. The van der Waals surface area contributed by atoms with E-state index in [9.17, 15) is 0 Å². The Morgan fingerprint density at radius 1 is 1.29 bits per heavy atom. The van der Waals surface area contributed by atoms with Gasteiger partial charge in [-0.05, 0) is 62.5 Å². The molecule has 90 valence electrons. The van der Waals surface area contributed by atoms with Gasteiger partial charge in [0.1, 0.15) is 5.76 Å². The molecule has 0 spiro atoms. The first-order valence-electron chi connectivity index (χ1n) is 5.00. The maximum absolute atomic E-state index is 5.95. The Morgan fingerprint density at radius 2 is 2.06 bits per heavy atom. The molecule has 2 aromatic rings. The van der Waals surface area contributed by atoms with Crippen molar-refractivity contribution in [2.24, 2.45) is 0 Å². The van der Waals surface area contributed by atoms with E-state index in [1.54, 1.807) is 0 Å². The molecule has 5 heteroatoms. The number of hydrogen-bond acceptors (Lipinski definition) is 2. The zero-order valence-electron chi connectivity index (χ0n) is 9.06. The van der Waals surface area contributed by atoms with Gasteiger partial charge >= 0.3 is 0 Å². The van der Waals surface area contributed by atoms with Crippen molar-refractivity contribution in [1.29, 1.82) is 0 Å². The maximum atomic E-state index is 5.95. The maximum Gasteiger partial charge on any atom is 0.183 e. The third-order valence-corrected chi connectivity index (χ3v) is 4.29. The predicted octanol–water partition coefficient (Wildman–Crippen LogP) is 5.38. The minimum absolute atomic E-state index is 0.616. The van der Waals surface area contributed by atoms with E-state index in [1.807, 2.05) is 31.2 Å². The van der Waals surface area contributed by atoms with Crippen molar-refractivity contribution in [2.45, 2.75) is 13.5 Å². The van der Waals surface area contributed by atoms with Gasteiger partial charge in [0.25, 0.3) is 0 Å². The molecule has 1 N–H and O–H groups in total. The number of furan rings is 1. The smallest absolute Gasteiger partial charge is 0.183 e. The van der Waals surface area contributed by atoms with Crippen LogP contribution < -0.4 is 5.32 Å². The fourth-order valence-electron chi connectivity index (χ4n) is 1.45. The van der Waals surface area contributed by atoms with Crippen LogP contribution >= 0.6 is 43.5 Å². The van der Waals surface area contributed by atoms with Crippen LogP contribution in [0.3, 0.4) is 0 Å². The molecule has 0 aliphatic carbocycles. The first-order valence-corrected chi connectivity index (χ1v) is 6.96. The van der Waals surface area contributed by atoms with Gasteiger partial charge in [0.2, 0.25) is 0 Å². The number of aryl methyl sites for hydroxylation is 1. The number of halogens is 3. The molecular weight excluding hydrogens is 369 g/mol. The standard InChI is InChI=1S/C12H10Br2ClNO/c1-7-2-3-8(15)4-11(7)16-6-9-5-10(13)12(14)17-9/h2-5,16H,6H2,1H3. The molecule has 0 aliphatic heterocycles. The summed E-state index contributed by atoms with van der Waals surface area (Å²) in [5.74, 6) is 0.850. The summed E-state index contributed by atoms with van der Waals surface area (Å²) >= 11 is 12.6. The van der Waals surface area contributed by atoms with E-state index >= 15 is 0 Å². The van der Waals surface area contributed by atoms with Crippen LogP contribution in [0.4, 0.5) is 5.69 Å². The molecule has 2 rings (SSSR count). The Hall–Kier alpha value is -0.450. The minimum atomic E-state index is 0.616. The molecule has 0 atom stereocenters. The summed E-state index contributed by atoms with van der Waals surface area (Å²) in [7, 11) is 0. The largest absolute Gasteiger partial charge is 0.451 e. The quantitative estimate of drug-likeness (QED) is 0.775. The van der Waals surface area contributed by atoms with Gasteiger partial charge < -0.3 is 9.73 Å². The molecule has 0 radical (unpaired) electrons. The van der Waals surface area contributed by atoms with E-state index in [-0.39, 0.29) is 0 Å². The van der Waals surface area contributed by atoms with Crippen LogP contribution in [-0.4, -0.2) is 0 Å². The lowest BCUT2D eigenvalue weighted by Crippen LogP contribution is -1.99. The molecule has 0 fully saturated rings. The second-order valence-electron chi connectivity index (χ2n) is 3.65. The van der Waals surface area contributed by atoms with E-state index in [0.717, 1.165) is 26.5 Å². The highest BCUT2D eigenvalue weighted by molar-refractivity contribution is 9.13. The van der Waals surface area contributed by atoms with Crippen LogP contribution in [0.15, 0.2) is 37.8 Å². The zero-order chi connectivity index (χ0) is 12.4. The van der Waals surface area contributed by atoms with Crippen LogP contribution in [0.1, 0.15) is 11.3 Å². The van der Waals surface area contributed by atoms with Crippen molar-refractivity contribution < 1.29 is 4.42 Å². The third kappa shape index (κ3) is 3.27. The second-order valence-corrected chi connectivity index (χ2v) is 5.66. The zero-order valence-corrected chi connectivity index (χ0v) is 13.0. The summed E-state index contributed by atoms with van der Waals surface area (Å²) < 4.78 is 7.10. The molecule has 0 amide bonds. The van der Waals surface area contributed by atoms with Crippen LogP contribution in [0.2, 0.25) is 5.02 Å². The first kappa shape index (κ1) is 13.0. The number of hydrogen-bond donors (Lipinski definition) is 1. The van der Waals surface area contributed by atoms with Crippen LogP contribution in [0, 0.1) is 6.92 Å². The molecule has 2 nitrogen and oxygen atoms in total. The van der Waals surface area contributed by atoms with Crippen molar-refractivity contribution in [3.05, 3.63) is 49.8 Å². The van der Waals surface area contributed by atoms with Gasteiger partial charge in [0.15, 0.2) is 4.67 Å². The predicted molar refractivity (Wildman–Crippen MR) is 77.6 cm³/mol. The van der Waals surface area contributed by atoms with E-state index in [4.69, 9.17) is 16.0 Å². The van der Waals surface area contributed by atoms with Gasteiger partial charge in [0.05, 0.1) is 11.0 Å². The summed E-state index contributed by atoms with van der Waals surface area (Å²) in [5.41, 5.74) is 2.17. The lowest BCUT2D eigenvalue weighted by atomic mass is 10.2. The third-order valence-electron chi connectivity index (χ3n) is 2.35. The van der Waals surface area contributed by atoms with Gasteiger partial charge in [-0.15, -0.1) is 0 Å². The number of rotatable bonds is 3. The van der Waals surface area contributed by atoms with Crippen molar-refractivity contribution in [3.63, 3.8) is 0 Å². The Balaban J connectivity index is 2.09. The molecule has 1 heterocycles. The number of benzene rings is 1. The van der Waals surface area contributed by atoms with Gasteiger partial charge in [-0.3, -0.25) is 0 Å². The number of anilines is 1. The van der Waals surface area contributed by atoms with Crippen molar-refractivity contribution in [1.82, 2.24) is 0 Å². The van der Waals surface area contributed by atoms with Gasteiger partial charge in [-0.1, -0.05) is 17.7 Å². The average molecular weight is 379 g/mol. The van der Waals surface area contributed by atoms with Crippen LogP contribution in [0.25, 0.3) is 0 Å². The molecule has 1 aromatic carbocycles. The number of nitrogens with one attached hydrogen (secondary N) is 1. The summed E-state index contributed by atoms with van der Waals surface area (Å²) in [6.07, 6.45) is 0. The van der Waals surface area contributed by atoms with Crippen molar-refractivity contribution in [3.8, 4) is 0 Å². The van der Waals surface area contributed by atoms with E-state index in [2.05, 4.69) is 37.2 Å². The summed E-state index contributed by atoms with van der Waals surface area (Å²) in [6.45, 7) is 2.65. The second kappa shape index (κ2) is 5.46. The van der Waals surface area contributed by atoms with Gasteiger partial charge in [-0.25, -0.2) is 0 Å².